The van der Waals surface area contributed by atoms with E-state index < -0.39 is 0 Å². The van der Waals surface area contributed by atoms with Crippen LogP contribution in [-0.4, -0.2) is 24.7 Å². The van der Waals surface area contributed by atoms with Crippen LogP contribution in [0.25, 0.3) is 0 Å². The summed E-state index contributed by atoms with van der Waals surface area (Å²) in [7, 11) is 0. The van der Waals surface area contributed by atoms with Gasteiger partial charge in [-0.15, -0.1) is 0 Å². The van der Waals surface area contributed by atoms with Gasteiger partial charge in [-0.25, -0.2) is 4.39 Å². The van der Waals surface area contributed by atoms with Gasteiger partial charge in [-0.1, -0.05) is 0 Å². The van der Waals surface area contributed by atoms with E-state index in [0.29, 0.717) is 13.0 Å². The molecule has 1 aromatic carbocycles. The van der Waals surface area contributed by atoms with Gasteiger partial charge in [0.2, 0.25) is 0 Å². The largest absolute Gasteiger partial charge is 0.493 e. The maximum absolute atomic E-state index is 13.1. The number of hydrogen-bond acceptors (Lipinski definition) is 3. The number of benzene rings is 1. The fraction of sp³-hybridized carbons (Fsp3) is 0.538. The number of thioether (sulfide) groups is 1. The molecule has 0 aromatic heterocycles. The number of nitrogens with two attached hydrogens (primary N) is 1. The van der Waals surface area contributed by atoms with E-state index in [1.165, 1.54) is 12.1 Å². The molecular weight excluding hydrogens is 237 g/mol. The van der Waals surface area contributed by atoms with Gasteiger partial charge in [0.05, 0.1) is 6.61 Å². The van der Waals surface area contributed by atoms with Crippen molar-refractivity contribution in [3.63, 3.8) is 0 Å². The number of ether oxygens (including phenoxy) is 1. The highest BCUT2D eigenvalue weighted by atomic mass is 32.2. The van der Waals surface area contributed by atoms with Crippen LogP contribution in [0.4, 0.5) is 4.39 Å². The monoisotopic (exact) mass is 257 g/mol. The molecule has 0 aliphatic heterocycles. The zero-order valence-corrected chi connectivity index (χ0v) is 11.2. The molecule has 96 valence electrons. The summed E-state index contributed by atoms with van der Waals surface area (Å²) >= 11 is 1.79. The molecular formula is C13H20FNOS. The van der Waals surface area contributed by atoms with Crippen LogP contribution in [0.2, 0.25) is 0 Å². The fourth-order valence-corrected chi connectivity index (χ4v) is 1.99. The van der Waals surface area contributed by atoms with E-state index in [9.17, 15) is 4.39 Å². The normalized spacial score (nSPS) is 12.5. The molecule has 4 heteroatoms. The van der Waals surface area contributed by atoms with Crippen molar-refractivity contribution < 1.29 is 9.13 Å². The predicted octanol–water partition coefficient (Wildman–Crippen LogP) is 2.85. The summed E-state index contributed by atoms with van der Waals surface area (Å²) in [5.74, 6) is 1.59. The minimum Gasteiger partial charge on any atom is -0.493 e. The first-order valence-electron chi connectivity index (χ1n) is 5.79. The Morgan fingerprint density at radius 2 is 2.24 bits per heavy atom. The van der Waals surface area contributed by atoms with Crippen molar-refractivity contribution in [2.75, 3.05) is 18.6 Å². The first-order chi connectivity index (χ1) is 8.13. The molecule has 0 bridgehead atoms. The van der Waals surface area contributed by atoms with Crippen LogP contribution in [0.3, 0.4) is 0 Å². The van der Waals surface area contributed by atoms with E-state index in [1.807, 2.05) is 6.92 Å². The first kappa shape index (κ1) is 14.3. The Labute approximate surface area is 107 Å². The Morgan fingerprint density at radius 1 is 1.47 bits per heavy atom. The van der Waals surface area contributed by atoms with Gasteiger partial charge in [-0.05, 0) is 55.5 Å². The minimum atomic E-state index is -0.239. The van der Waals surface area contributed by atoms with Crippen molar-refractivity contribution in [1.29, 1.82) is 0 Å². The summed E-state index contributed by atoms with van der Waals surface area (Å²) in [5.41, 5.74) is 6.59. The molecule has 0 aliphatic rings. The van der Waals surface area contributed by atoms with Crippen LogP contribution in [0, 0.1) is 5.82 Å². The standard InChI is InChI=1S/C13H20FNOS/c1-10(15)8-11-9-12(14)4-5-13(11)16-6-3-7-17-2/h4-5,9-10H,3,6-8,15H2,1-2H3. The molecule has 0 saturated carbocycles. The molecule has 2 nitrogen and oxygen atoms in total. The molecule has 0 aliphatic carbocycles. The highest BCUT2D eigenvalue weighted by molar-refractivity contribution is 7.98. The van der Waals surface area contributed by atoms with Gasteiger partial charge in [0.25, 0.3) is 0 Å². The summed E-state index contributed by atoms with van der Waals surface area (Å²) in [5, 5.41) is 0. The second-order valence-electron chi connectivity index (χ2n) is 4.13. The van der Waals surface area contributed by atoms with Crippen LogP contribution in [0.5, 0.6) is 5.75 Å². The smallest absolute Gasteiger partial charge is 0.123 e. The lowest BCUT2D eigenvalue weighted by Gasteiger charge is -2.13. The first-order valence-corrected chi connectivity index (χ1v) is 7.18. The van der Waals surface area contributed by atoms with Gasteiger partial charge in [-0.2, -0.15) is 11.8 Å². The third-order valence-electron chi connectivity index (χ3n) is 2.31. The summed E-state index contributed by atoms with van der Waals surface area (Å²) in [6, 6.07) is 4.62. The van der Waals surface area contributed by atoms with Crippen LogP contribution < -0.4 is 10.5 Å². The maximum atomic E-state index is 13.1. The molecule has 0 saturated heterocycles. The molecule has 0 amide bonds. The molecule has 0 heterocycles. The van der Waals surface area contributed by atoms with Crippen molar-refractivity contribution in [3.8, 4) is 5.75 Å². The van der Waals surface area contributed by atoms with E-state index in [4.69, 9.17) is 10.5 Å². The minimum absolute atomic E-state index is 0.00495. The quantitative estimate of drug-likeness (QED) is 0.763. The van der Waals surface area contributed by atoms with Gasteiger partial charge in [0.15, 0.2) is 0 Å². The Hall–Kier alpha value is -0.740. The Bertz CT molecular complexity index is 344. The molecule has 1 aromatic rings. The summed E-state index contributed by atoms with van der Waals surface area (Å²) in [4.78, 5) is 0. The van der Waals surface area contributed by atoms with Gasteiger partial charge in [-0.3, -0.25) is 0 Å². The number of rotatable bonds is 7. The van der Waals surface area contributed by atoms with E-state index in [2.05, 4.69) is 6.26 Å². The summed E-state index contributed by atoms with van der Waals surface area (Å²) in [6.07, 6.45) is 3.70. The number of hydrogen-bond donors (Lipinski definition) is 1. The van der Waals surface area contributed by atoms with E-state index in [1.54, 1.807) is 17.8 Å². The van der Waals surface area contributed by atoms with Crippen LogP contribution in [-0.2, 0) is 6.42 Å². The second kappa shape index (κ2) is 7.56. The Morgan fingerprint density at radius 3 is 2.88 bits per heavy atom. The zero-order valence-electron chi connectivity index (χ0n) is 10.4. The van der Waals surface area contributed by atoms with Gasteiger partial charge in [0, 0.05) is 6.04 Å². The second-order valence-corrected chi connectivity index (χ2v) is 5.11. The number of halogens is 1. The molecule has 1 unspecified atom stereocenters. The van der Waals surface area contributed by atoms with Gasteiger partial charge in [0.1, 0.15) is 11.6 Å². The third-order valence-corrected chi connectivity index (χ3v) is 3.01. The van der Waals surface area contributed by atoms with Crippen LogP contribution >= 0.6 is 11.8 Å². The maximum Gasteiger partial charge on any atom is 0.123 e. The van der Waals surface area contributed by atoms with Crippen molar-refractivity contribution in [3.05, 3.63) is 29.6 Å². The van der Waals surface area contributed by atoms with Crippen molar-refractivity contribution in [1.82, 2.24) is 0 Å². The fourth-order valence-electron chi connectivity index (χ4n) is 1.58. The SMILES string of the molecule is CSCCCOc1ccc(F)cc1CC(C)N. The van der Waals surface area contributed by atoms with Crippen molar-refractivity contribution in [2.45, 2.75) is 25.8 Å². The zero-order chi connectivity index (χ0) is 12.7. The molecule has 0 radical (unpaired) electrons. The Balaban J connectivity index is 2.62. The van der Waals surface area contributed by atoms with Crippen molar-refractivity contribution in [2.24, 2.45) is 5.73 Å². The van der Waals surface area contributed by atoms with Crippen LogP contribution in [0.1, 0.15) is 18.9 Å². The average Bonchev–Trinajstić information content (AvgIpc) is 2.26. The molecule has 0 spiro atoms. The lowest BCUT2D eigenvalue weighted by molar-refractivity contribution is 0.314. The van der Waals surface area contributed by atoms with E-state index in [0.717, 1.165) is 23.5 Å². The topological polar surface area (TPSA) is 35.2 Å². The molecule has 1 rings (SSSR count). The lowest BCUT2D eigenvalue weighted by Crippen LogP contribution is -2.18. The third kappa shape index (κ3) is 5.41. The predicted molar refractivity (Wildman–Crippen MR) is 72.2 cm³/mol. The van der Waals surface area contributed by atoms with E-state index in [-0.39, 0.29) is 11.9 Å². The summed E-state index contributed by atoms with van der Waals surface area (Å²) in [6.45, 7) is 2.57. The molecule has 1 atom stereocenters. The molecule has 2 N–H and O–H groups in total. The van der Waals surface area contributed by atoms with Gasteiger partial charge < -0.3 is 10.5 Å². The Kier molecular flexibility index (Phi) is 6.37. The summed E-state index contributed by atoms with van der Waals surface area (Å²) < 4.78 is 18.8. The molecule has 0 fully saturated rings. The van der Waals surface area contributed by atoms with Crippen LogP contribution in [0.15, 0.2) is 18.2 Å². The lowest BCUT2D eigenvalue weighted by atomic mass is 10.1. The van der Waals surface area contributed by atoms with Crippen molar-refractivity contribution >= 4 is 11.8 Å². The highest BCUT2D eigenvalue weighted by Gasteiger charge is 2.07. The average molecular weight is 257 g/mol. The highest BCUT2D eigenvalue weighted by Crippen LogP contribution is 2.21. The van der Waals surface area contributed by atoms with Gasteiger partial charge >= 0.3 is 0 Å². The molecule has 17 heavy (non-hydrogen) atoms. The van der Waals surface area contributed by atoms with E-state index >= 15 is 0 Å².